The van der Waals surface area contributed by atoms with Crippen LogP contribution in [0.1, 0.15) is 28.3 Å². The number of halogens is 2. The number of aromatic amines is 1. The summed E-state index contributed by atoms with van der Waals surface area (Å²) in [6.07, 6.45) is 2.37. The van der Waals surface area contributed by atoms with Gasteiger partial charge in [-0.05, 0) is 31.4 Å². The first-order chi connectivity index (χ1) is 11.9. The molecule has 1 amide bonds. The fourth-order valence-corrected chi connectivity index (χ4v) is 3.32. The molecule has 0 bridgehead atoms. The highest BCUT2D eigenvalue weighted by Crippen LogP contribution is 2.34. The highest BCUT2D eigenvalue weighted by atomic mass is 35.5. The maximum Gasteiger partial charge on any atom is 0.295 e. The molecule has 0 saturated carbocycles. The van der Waals surface area contributed by atoms with Crippen molar-refractivity contribution in [2.45, 2.75) is 19.3 Å². The second-order valence-corrected chi connectivity index (χ2v) is 6.47. The number of carbonyl (C=O) groups excluding carboxylic acids is 1. The van der Waals surface area contributed by atoms with Crippen LogP contribution in [0.25, 0.3) is 5.78 Å². The maximum absolute atomic E-state index is 12.4. The molecular formula is C15H11Cl2N5O3. The van der Waals surface area contributed by atoms with Gasteiger partial charge in [-0.15, -0.1) is 5.10 Å². The van der Waals surface area contributed by atoms with E-state index in [2.05, 4.69) is 20.4 Å². The summed E-state index contributed by atoms with van der Waals surface area (Å²) in [4.78, 5) is 31.9. The number of nitrogens with zero attached hydrogens (tertiary/aromatic N) is 3. The fraction of sp³-hybridized carbons (Fsp3) is 0.200. The lowest BCUT2D eigenvalue weighted by Crippen LogP contribution is -2.21. The lowest BCUT2D eigenvalue weighted by molar-refractivity contribution is 0.101. The van der Waals surface area contributed by atoms with Gasteiger partial charge in [-0.2, -0.15) is 9.50 Å². The molecule has 4 rings (SSSR count). The molecule has 2 aromatic heterocycles. The van der Waals surface area contributed by atoms with Crippen molar-refractivity contribution in [2.24, 2.45) is 0 Å². The van der Waals surface area contributed by atoms with Gasteiger partial charge in [0.25, 0.3) is 11.5 Å². The van der Waals surface area contributed by atoms with Crippen LogP contribution in [-0.2, 0) is 12.8 Å². The summed E-state index contributed by atoms with van der Waals surface area (Å²) >= 11 is 11.6. The van der Waals surface area contributed by atoms with Crippen LogP contribution in [0.3, 0.4) is 0 Å². The van der Waals surface area contributed by atoms with Crippen LogP contribution in [-0.4, -0.2) is 30.6 Å². The molecule has 0 aliphatic heterocycles. The summed E-state index contributed by atoms with van der Waals surface area (Å²) in [5.74, 6) is -0.850. The Morgan fingerprint density at radius 3 is 2.72 bits per heavy atom. The van der Waals surface area contributed by atoms with Crippen LogP contribution in [0.5, 0.6) is 5.75 Å². The molecule has 1 aliphatic carbocycles. The molecule has 0 fully saturated rings. The number of hydrogen-bond acceptors (Lipinski definition) is 5. The number of amides is 1. The summed E-state index contributed by atoms with van der Waals surface area (Å²) in [5.41, 5.74) is 1.53. The van der Waals surface area contributed by atoms with Crippen LogP contribution in [0.2, 0.25) is 10.0 Å². The van der Waals surface area contributed by atoms with Crippen molar-refractivity contribution in [3.8, 4) is 5.75 Å². The highest BCUT2D eigenvalue weighted by Gasteiger charge is 2.21. The zero-order chi connectivity index (χ0) is 17.7. The molecule has 0 atom stereocenters. The molecular weight excluding hydrogens is 369 g/mol. The Bertz CT molecular complexity index is 1070. The Hall–Kier alpha value is -2.58. The molecule has 25 heavy (non-hydrogen) atoms. The number of anilines is 1. The number of carbonyl (C=O) groups is 1. The molecule has 0 radical (unpaired) electrons. The maximum atomic E-state index is 12.4. The minimum absolute atomic E-state index is 0.00244. The molecule has 10 heteroatoms. The van der Waals surface area contributed by atoms with E-state index in [9.17, 15) is 14.7 Å². The highest BCUT2D eigenvalue weighted by molar-refractivity contribution is 6.37. The number of phenolic OH excluding ortho intramolecular Hbond substituents is 1. The minimum atomic E-state index is -0.630. The Balaban J connectivity index is 1.69. The lowest BCUT2D eigenvalue weighted by Gasteiger charge is -2.06. The largest absolute Gasteiger partial charge is 0.505 e. The topological polar surface area (TPSA) is 112 Å². The first-order valence-corrected chi connectivity index (χ1v) is 8.20. The van der Waals surface area contributed by atoms with Crippen LogP contribution < -0.4 is 10.9 Å². The molecule has 0 saturated heterocycles. The van der Waals surface area contributed by atoms with Gasteiger partial charge in [-0.25, -0.2) is 0 Å². The Morgan fingerprint density at radius 1 is 1.28 bits per heavy atom. The van der Waals surface area contributed by atoms with E-state index in [1.807, 2.05) is 0 Å². The standard InChI is InChI=1S/C15H11Cl2N5O3/c16-8-4-6(5-9(17)11(8)23)18-13(24)12-20-15-19-10-3-1-2-7(10)14(25)22(15)21-12/h4-5,23H,1-3H2,(H,18,24)(H,19,20,21). The van der Waals surface area contributed by atoms with Crippen LogP contribution in [0.4, 0.5) is 5.69 Å². The number of nitrogens with one attached hydrogen (secondary N) is 2. The molecule has 3 N–H and O–H groups in total. The van der Waals surface area contributed by atoms with Gasteiger partial charge in [0.05, 0.1) is 10.0 Å². The minimum Gasteiger partial charge on any atom is -0.505 e. The van der Waals surface area contributed by atoms with E-state index in [4.69, 9.17) is 23.2 Å². The number of fused-ring (bicyclic) bond motifs is 2. The van der Waals surface area contributed by atoms with E-state index in [1.54, 1.807) is 0 Å². The van der Waals surface area contributed by atoms with Gasteiger partial charge in [-0.1, -0.05) is 23.2 Å². The molecule has 128 valence electrons. The summed E-state index contributed by atoms with van der Waals surface area (Å²) in [6, 6.07) is 2.69. The van der Waals surface area contributed by atoms with Crippen molar-refractivity contribution in [3.63, 3.8) is 0 Å². The number of benzene rings is 1. The second-order valence-electron chi connectivity index (χ2n) is 5.65. The molecule has 1 aliphatic rings. The van der Waals surface area contributed by atoms with E-state index in [0.717, 1.165) is 23.1 Å². The number of rotatable bonds is 2. The normalized spacial score (nSPS) is 13.2. The molecule has 2 heterocycles. The Labute approximate surface area is 150 Å². The quantitative estimate of drug-likeness (QED) is 0.590. The first-order valence-electron chi connectivity index (χ1n) is 7.44. The fourth-order valence-electron chi connectivity index (χ4n) is 2.84. The van der Waals surface area contributed by atoms with E-state index in [0.29, 0.717) is 12.0 Å². The van der Waals surface area contributed by atoms with E-state index < -0.39 is 5.91 Å². The molecule has 1 aromatic carbocycles. The first kappa shape index (κ1) is 15.9. The number of hydrogen-bond donors (Lipinski definition) is 3. The van der Waals surface area contributed by atoms with Gasteiger partial charge in [0.15, 0.2) is 5.75 Å². The number of aryl methyl sites for hydroxylation is 1. The average Bonchev–Trinajstić information content (AvgIpc) is 3.19. The van der Waals surface area contributed by atoms with Crippen LogP contribution in [0, 0.1) is 0 Å². The van der Waals surface area contributed by atoms with E-state index >= 15 is 0 Å². The van der Waals surface area contributed by atoms with Gasteiger partial charge in [-0.3, -0.25) is 9.59 Å². The number of aromatic hydroxyl groups is 1. The zero-order valence-electron chi connectivity index (χ0n) is 12.6. The number of aromatic nitrogens is 4. The number of H-pyrrole nitrogens is 1. The summed E-state index contributed by atoms with van der Waals surface area (Å²) in [6.45, 7) is 0. The molecule has 8 nitrogen and oxygen atoms in total. The third-order valence-corrected chi connectivity index (χ3v) is 4.59. The van der Waals surface area contributed by atoms with Gasteiger partial charge in [0, 0.05) is 16.9 Å². The zero-order valence-corrected chi connectivity index (χ0v) is 14.1. The molecule has 0 spiro atoms. The van der Waals surface area contributed by atoms with Crippen molar-refractivity contribution in [3.05, 3.63) is 49.6 Å². The summed E-state index contributed by atoms with van der Waals surface area (Å²) < 4.78 is 1.09. The van der Waals surface area contributed by atoms with Crippen molar-refractivity contribution in [1.29, 1.82) is 0 Å². The van der Waals surface area contributed by atoms with Gasteiger partial charge < -0.3 is 15.4 Å². The Morgan fingerprint density at radius 2 is 2.00 bits per heavy atom. The van der Waals surface area contributed by atoms with Crippen molar-refractivity contribution in [1.82, 2.24) is 19.6 Å². The third-order valence-electron chi connectivity index (χ3n) is 4.02. The monoisotopic (exact) mass is 379 g/mol. The summed E-state index contributed by atoms with van der Waals surface area (Å²) in [7, 11) is 0. The van der Waals surface area contributed by atoms with E-state index in [1.165, 1.54) is 12.1 Å². The molecule has 0 unspecified atom stereocenters. The Kier molecular flexibility index (Phi) is 3.66. The number of phenols is 1. The predicted octanol–water partition coefficient (Wildman–Crippen LogP) is 2.17. The predicted molar refractivity (Wildman–Crippen MR) is 91.7 cm³/mol. The average molecular weight is 380 g/mol. The second kappa shape index (κ2) is 5.75. The van der Waals surface area contributed by atoms with Crippen LogP contribution in [0.15, 0.2) is 16.9 Å². The SMILES string of the molecule is O=C(Nc1cc(Cl)c(O)c(Cl)c1)c1nc2[nH]c3c(c(=O)n2n1)CCC3. The third kappa shape index (κ3) is 2.63. The van der Waals surface area contributed by atoms with Crippen LogP contribution >= 0.6 is 23.2 Å². The van der Waals surface area contributed by atoms with Crippen molar-refractivity contribution in [2.75, 3.05) is 5.32 Å². The van der Waals surface area contributed by atoms with Gasteiger partial charge >= 0.3 is 0 Å². The molecule has 3 aromatic rings. The van der Waals surface area contributed by atoms with Crippen molar-refractivity contribution >= 4 is 40.6 Å². The summed E-state index contributed by atoms with van der Waals surface area (Å²) in [5, 5.41) is 16.1. The van der Waals surface area contributed by atoms with Crippen molar-refractivity contribution < 1.29 is 9.90 Å². The smallest absolute Gasteiger partial charge is 0.295 e. The van der Waals surface area contributed by atoms with E-state index in [-0.39, 0.29) is 38.6 Å². The van der Waals surface area contributed by atoms with Gasteiger partial charge in [0.1, 0.15) is 0 Å². The van der Waals surface area contributed by atoms with Gasteiger partial charge in [0.2, 0.25) is 11.6 Å². The lowest BCUT2D eigenvalue weighted by atomic mass is 10.3.